The number of halogens is 2. The Bertz CT molecular complexity index is 1100. The number of benzene rings is 2. The molecule has 140 valence electrons. The fraction of sp³-hybridized carbons (Fsp3) is 0.200. The minimum absolute atomic E-state index is 0.207. The largest absolute Gasteiger partial charge is 0.482 e. The number of carbonyl (C=O) groups is 1. The molecule has 0 spiro atoms. The Balaban J connectivity index is 1.90. The van der Waals surface area contributed by atoms with E-state index >= 15 is 0 Å². The molecule has 1 heterocycles. The number of fused-ring (bicyclic) bond motifs is 1. The van der Waals surface area contributed by atoms with Gasteiger partial charge in [0.1, 0.15) is 5.75 Å². The number of ether oxygens (including phenoxy) is 1. The minimum Gasteiger partial charge on any atom is -0.482 e. The van der Waals surface area contributed by atoms with Crippen LogP contribution in [0.1, 0.15) is 11.1 Å². The van der Waals surface area contributed by atoms with Crippen LogP contribution in [0.15, 0.2) is 48.0 Å². The lowest BCUT2D eigenvalue weighted by atomic mass is 10.1. The van der Waals surface area contributed by atoms with Crippen molar-refractivity contribution in [3.8, 4) is 5.75 Å². The summed E-state index contributed by atoms with van der Waals surface area (Å²) < 4.78 is 8.54. The number of rotatable bonds is 5. The minimum atomic E-state index is -0.390. The van der Waals surface area contributed by atoms with Gasteiger partial charge in [-0.3, -0.25) is 4.79 Å². The Morgan fingerprint density at radius 3 is 2.70 bits per heavy atom. The zero-order valence-corrected chi connectivity index (χ0v) is 17.3. The number of hydrogen-bond acceptors (Lipinski definition) is 3. The van der Waals surface area contributed by atoms with Gasteiger partial charge in [-0.1, -0.05) is 40.6 Å². The average Bonchev–Trinajstić information content (AvgIpc) is 2.91. The van der Waals surface area contributed by atoms with Crippen molar-refractivity contribution in [3.63, 3.8) is 0 Å². The van der Waals surface area contributed by atoms with Gasteiger partial charge in [-0.25, -0.2) is 0 Å². The van der Waals surface area contributed by atoms with Gasteiger partial charge in [-0.05, 0) is 55.3 Å². The molecule has 0 saturated carbocycles. The molecule has 0 aliphatic rings. The molecule has 0 fully saturated rings. The first kappa shape index (κ1) is 19.7. The number of amides is 1. The molecule has 1 aromatic heterocycles. The van der Waals surface area contributed by atoms with Crippen LogP contribution < -0.4 is 9.54 Å². The number of allylic oxidation sites excluding steroid dienone is 1. The molecular weight excluding hydrogens is 403 g/mol. The normalized spacial score (nSPS) is 11.8. The second-order valence-corrected chi connectivity index (χ2v) is 7.91. The van der Waals surface area contributed by atoms with Crippen molar-refractivity contribution < 1.29 is 9.53 Å². The maximum atomic E-state index is 12.3. The zero-order valence-electron chi connectivity index (χ0n) is 15.0. The molecular formula is C20H18Cl2N2O2S. The first-order valence-corrected chi connectivity index (χ1v) is 9.83. The van der Waals surface area contributed by atoms with Crippen LogP contribution in [0.3, 0.4) is 0 Å². The first-order chi connectivity index (χ1) is 12.9. The molecule has 27 heavy (non-hydrogen) atoms. The highest BCUT2D eigenvalue weighted by atomic mass is 35.5. The number of thiazole rings is 1. The van der Waals surface area contributed by atoms with Gasteiger partial charge in [0.05, 0.1) is 15.2 Å². The van der Waals surface area contributed by atoms with Gasteiger partial charge in [0.15, 0.2) is 11.4 Å². The summed E-state index contributed by atoms with van der Waals surface area (Å²) in [5, 5.41) is 0.856. The van der Waals surface area contributed by atoms with E-state index in [0.717, 1.165) is 10.2 Å². The standard InChI is InChI=1S/C20H18Cl2N2O2S/c1-4-7-24-16-8-12(2)13(3)9-18(16)27-20(24)23-19(25)11-26-17-6-5-14(21)10-15(17)22/h4-6,8-10H,1,7,11H2,2-3H3. The SMILES string of the molecule is C=CCn1c(=NC(=O)COc2ccc(Cl)cc2Cl)sc2cc(C)c(C)cc21. The van der Waals surface area contributed by atoms with Crippen LogP contribution in [0, 0.1) is 13.8 Å². The van der Waals surface area contributed by atoms with Gasteiger partial charge in [0.25, 0.3) is 5.91 Å². The van der Waals surface area contributed by atoms with Gasteiger partial charge >= 0.3 is 0 Å². The van der Waals surface area contributed by atoms with Crippen molar-refractivity contribution in [2.45, 2.75) is 20.4 Å². The monoisotopic (exact) mass is 420 g/mol. The summed E-state index contributed by atoms with van der Waals surface area (Å²) in [5.74, 6) is 0.00463. The van der Waals surface area contributed by atoms with Crippen LogP contribution in [-0.4, -0.2) is 17.1 Å². The summed E-state index contributed by atoms with van der Waals surface area (Å²) in [4.78, 5) is 17.2. The van der Waals surface area contributed by atoms with E-state index in [1.54, 1.807) is 24.3 Å². The van der Waals surface area contributed by atoms with E-state index in [9.17, 15) is 4.79 Å². The quantitative estimate of drug-likeness (QED) is 0.524. The third-order valence-electron chi connectivity index (χ3n) is 4.08. The highest BCUT2D eigenvalue weighted by Crippen LogP contribution is 2.27. The molecule has 2 aromatic carbocycles. The molecule has 3 aromatic rings. The van der Waals surface area contributed by atoms with Crippen molar-refractivity contribution in [1.29, 1.82) is 0 Å². The summed E-state index contributed by atoms with van der Waals surface area (Å²) in [6.45, 7) is 8.30. The van der Waals surface area contributed by atoms with Gasteiger partial charge in [0, 0.05) is 11.6 Å². The Kier molecular flexibility index (Phi) is 6.05. The fourth-order valence-electron chi connectivity index (χ4n) is 2.58. The lowest BCUT2D eigenvalue weighted by Crippen LogP contribution is -2.19. The summed E-state index contributed by atoms with van der Waals surface area (Å²) in [6, 6.07) is 9.06. The van der Waals surface area contributed by atoms with Gasteiger partial charge in [-0.15, -0.1) is 6.58 Å². The third kappa shape index (κ3) is 4.43. The van der Waals surface area contributed by atoms with Gasteiger partial charge in [-0.2, -0.15) is 4.99 Å². The zero-order chi connectivity index (χ0) is 19.6. The Morgan fingerprint density at radius 2 is 2.00 bits per heavy atom. The molecule has 0 aliphatic carbocycles. The van der Waals surface area contributed by atoms with Crippen molar-refractivity contribution >= 4 is 50.7 Å². The number of aryl methyl sites for hydroxylation is 2. The predicted molar refractivity (Wildman–Crippen MR) is 112 cm³/mol. The van der Waals surface area contributed by atoms with Crippen LogP contribution in [0.2, 0.25) is 10.0 Å². The van der Waals surface area contributed by atoms with Crippen LogP contribution in [0.25, 0.3) is 10.2 Å². The maximum absolute atomic E-state index is 12.3. The van der Waals surface area contributed by atoms with Crippen molar-refractivity contribution in [2.75, 3.05) is 6.61 Å². The number of nitrogens with zero attached hydrogens (tertiary/aromatic N) is 2. The van der Waals surface area contributed by atoms with E-state index in [0.29, 0.717) is 27.1 Å². The lowest BCUT2D eigenvalue weighted by molar-refractivity contribution is -0.120. The van der Waals surface area contributed by atoms with E-state index in [-0.39, 0.29) is 12.5 Å². The van der Waals surface area contributed by atoms with E-state index < -0.39 is 0 Å². The van der Waals surface area contributed by atoms with Crippen LogP contribution >= 0.6 is 34.5 Å². The van der Waals surface area contributed by atoms with E-state index in [2.05, 4.69) is 37.6 Å². The fourth-order valence-corrected chi connectivity index (χ4v) is 4.18. The van der Waals surface area contributed by atoms with Gasteiger partial charge < -0.3 is 9.30 Å². The molecule has 0 aliphatic heterocycles. The van der Waals surface area contributed by atoms with Crippen LogP contribution in [-0.2, 0) is 11.3 Å². The molecule has 4 nitrogen and oxygen atoms in total. The highest BCUT2D eigenvalue weighted by molar-refractivity contribution is 7.16. The molecule has 0 radical (unpaired) electrons. The Hall–Kier alpha value is -2.08. The van der Waals surface area contributed by atoms with E-state index in [4.69, 9.17) is 27.9 Å². The summed E-state index contributed by atoms with van der Waals surface area (Å²) >= 11 is 13.4. The van der Waals surface area contributed by atoms with Crippen LogP contribution in [0.4, 0.5) is 0 Å². The topological polar surface area (TPSA) is 43.6 Å². The molecule has 0 atom stereocenters. The predicted octanol–water partition coefficient (Wildman–Crippen LogP) is 5.32. The van der Waals surface area contributed by atoms with E-state index in [1.807, 2.05) is 4.57 Å². The summed E-state index contributed by atoms with van der Waals surface area (Å²) in [5.41, 5.74) is 3.43. The summed E-state index contributed by atoms with van der Waals surface area (Å²) in [6.07, 6.45) is 1.79. The van der Waals surface area contributed by atoms with Gasteiger partial charge in [0.2, 0.25) is 0 Å². The van der Waals surface area contributed by atoms with Crippen molar-refractivity contribution in [3.05, 3.63) is 69.0 Å². The van der Waals surface area contributed by atoms with Crippen LogP contribution in [0.5, 0.6) is 5.75 Å². The molecule has 7 heteroatoms. The Labute approximate surface area is 171 Å². The van der Waals surface area contributed by atoms with Crippen molar-refractivity contribution in [1.82, 2.24) is 4.57 Å². The molecule has 0 saturated heterocycles. The number of aromatic nitrogens is 1. The van der Waals surface area contributed by atoms with E-state index in [1.165, 1.54) is 22.5 Å². The van der Waals surface area contributed by atoms with Crippen molar-refractivity contribution in [2.24, 2.45) is 4.99 Å². The maximum Gasteiger partial charge on any atom is 0.286 e. The molecule has 3 rings (SSSR count). The molecule has 0 unspecified atom stereocenters. The first-order valence-electron chi connectivity index (χ1n) is 8.26. The molecule has 1 amide bonds. The second-order valence-electron chi connectivity index (χ2n) is 6.06. The Morgan fingerprint density at radius 1 is 1.26 bits per heavy atom. The lowest BCUT2D eigenvalue weighted by Gasteiger charge is -2.06. The third-order valence-corrected chi connectivity index (χ3v) is 5.65. The average molecular weight is 421 g/mol. The molecule has 0 bridgehead atoms. The number of hydrogen-bond donors (Lipinski definition) is 0. The second kappa shape index (κ2) is 8.30. The smallest absolute Gasteiger partial charge is 0.286 e. The number of carbonyl (C=O) groups excluding carboxylic acids is 1. The summed E-state index contributed by atoms with van der Waals surface area (Å²) in [7, 11) is 0. The molecule has 0 N–H and O–H groups in total. The highest BCUT2D eigenvalue weighted by Gasteiger charge is 2.10.